The number of rotatable bonds is 3. The van der Waals surface area contributed by atoms with E-state index in [-0.39, 0.29) is 0 Å². The standard InChI is InChI=1S/C12H15ClN6/c1-8-11-12(18(3)16-8)19(10(6-13)15-11)7-9-4-5-14-17(9)2/h4-5H,6-7H2,1-3H3. The molecule has 0 bridgehead atoms. The van der Waals surface area contributed by atoms with Crippen LogP contribution in [0.25, 0.3) is 11.2 Å². The van der Waals surface area contributed by atoms with E-state index in [1.54, 1.807) is 6.20 Å². The largest absolute Gasteiger partial charge is 0.306 e. The summed E-state index contributed by atoms with van der Waals surface area (Å²) in [6, 6.07) is 1.99. The van der Waals surface area contributed by atoms with Crippen molar-refractivity contribution in [2.24, 2.45) is 14.1 Å². The lowest BCUT2D eigenvalue weighted by molar-refractivity contribution is 0.645. The summed E-state index contributed by atoms with van der Waals surface area (Å²) in [5.74, 6) is 1.24. The predicted molar refractivity (Wildman–Crippen MR) is 73.1 cm³/mol. The fourth-order valence-corrected chi connectivity index (χ4v) is 2.57. The van der Waals surface area contributed by atoms with E-state index in [4.69, 9.17) is 11.6 Å². The summed E-state index contributed by atoms with van der Waals surface area (Å²) >= 11 is 6.01. The number of hydrogen-bond acceptors (Lipinski definition) is 3. The summed E-state index contributed by atoms with van der Waals surface area (Å²) in [6.07, 6.45) is 1.79. The van der Waals surface area contributed by atoms with Gasteiger partial charge in [0.15, 0.2) is 5.65 Å². The Morgan fingerprint density at radius 2 is 2.05 bits per heavy atom. The molecule has 0 N–H and O–H groups in total. The molecule has 100 valence electrons. The minimum atomic E-state index is 0.381. The molecule has 0 amide bonds. The minimum absolute atomic E-state index is 0.381. The molecule has 19 heavy (non-hydrogen) atoms. The van der Waals surface area contributed by atoms with Crippen LogP contribution in [0.3, 0.4) is 0 Å². The molecule has 0 aliphatic heterocycles. The van der Waals surface area contributed by atoms with Crippen LogP contribution in [-0.4, -0.2) is 29.1 Å². The van der Waals surface area contributed by atoms with Gasteiger partial charge < -0.3 is 4.57 Å². The second-order valence-electron chi connectivity index (χ2n) is 4.58. The van der Waals surface area contributed by atoms with E-state index in [0.29, 0.717) is 12.4 Å². The molecule has 6 nitrogen and oxygen atoms in total. The Hall–Kier alpha value is -1.82. The Morgan fingerprint density at radius 1 is 1.26 bits per heavy atom. The molecule has 7 heteroatoms. The van der Waals surface area contributed by atoms with Crippen molar-refractivity contribution in [3.63, 3.8) is 0 Å². The van der Waals surface area contributed by atoms with E-state index >= 15 is 0 Å². The molecule has 3 rings (SSSR count). The van der Waals surface area contributed by atoms with Gasteiger partial charge in [0, 0.05) is 20.3 Å². The average molecular weight is 279 g/mol. The first-order valence-electron chi connectivity index (χ1n) is 6.03. The molecule has 0 aliphatic rings. The second kappa shape index (κ2) is 4.38. The van der Waals surface area contributed by atoms with Gasteiger partial charge in [-0.15, -0.1) is 11.6 Å². The van der Waals surface area contributed by atoms with Crippen LogP contribution in [-0.2, 0) is 26.5 Å². The number of nitrogens with zero attached hydrogens (tertiary/aromatic N) is 6. The minimum Gasteiger partial charge on any atom is -0.306 e. The lowest BCUT2D eigenvalue weighted by Crippen LogP contribution is -2.10. The van der Waals surface area contributed by atoms with Crippen LogP contribution in [0, 0.1) is 6.92 Å². The van der Waals surface area contributed by atoms with E-state index in [9.17, 15) is 0 Å². The molecule has 0 aliphatic carbocycles. The van der Waals surface area contributed by atoms with Crippen molar-refractivity contribution >= 4 is 22.8 Å². The molecule has 0 aromatic carbocycles. The molecule has 3 aromatic rings. The highest BCUT2D eigenvalue weighted by Crippen LogP contribution is 2.21. The molecule has 0 radical (unpaired) electrons. The Labute approximate surface area is 115 Å². The van der Waals surface area contributed by atoms with Gasteiger partial charge in [-0.05, 0) is 13.0 Å². The number of alkyl halides is 1. The number of hydrogen-bond donors (Lipinski definition) is 0. The number of aromatic nitrogens is 6. The third-order valence-electron chi connectivity index (χ3n) is 3.33. The van der Waals surface area contributed by atoms with Gasteiger partial charge in [-0.3, -0.25) is 9.36 Å². The van der Waals surface area contributed by atoms with E-state index in [1.807, 2.05) is 36.4 Å². The zero-order valence-corrected chi connectivity index (χ0v) is 11.9. The van der Waals surface area contributed by atoms with Crippen molar-refractivity contribution in [3.8, 4) is 0 Å². The topological polar surface area (TPSA) is 53.5 Å². The van der Waals surface area contributed by atoms with Crippen LogP contribution in [0.4, 0.5) is 0 Å². The van der Waals surface area contributed by atoms with Gasteiger partial charge in [0.25, 0.3) is 0 Å². The van der Waals surface area contributed by atoms with Crippen molar-refractivity contribution in [1.29, 1.82) is 0 Å². The van der Waals surface area contributed by atoms with Gasteiger partial charge in [0.05, 0.1) is 23.8 Å². The zero-order chi connectivity index (χ0) is 13.6. The van der Waals surface area contributed by atoms with Gasteiger partial charge in [-0.1, -0.05) is 0 Å². The Bertz CT molecular complexity index is 735. The van der Waals surface area contributed by atoms with Crippen LogP contribution >= 0.6 is 11.6 Å². The third kappa shape index (κ3) is 1.83. The normalized spacial score (nSPS) is 11.6. The molecule has 0 saturated carbocycles. The Morgan fingerprint density at radius 3 is 2.68 bits per heavy atom. The van der Waals surface area contributed by atoms with Crippen LogP contribution < -0.4 is 0 Å². The molecule has 0 atom stereocenters. The Kier molecular flexibility index (Phi) is 2.82. The lowest BCUT2D eigenvalue weighted by Gasteiger charge is -2.08. The summed E-state index contributed by atoms with van der Waals surface area (Å²) in [6.45, 7) is 2.65. The molecular formula is C12H15ClN6. The van der Waals surface area contributed by atoms with Crippen LogP contribution in [0.1, 0.15) is 17.2 Å². The van der Waals surface area contributed by atoms with Crippen molar-refractivity contribution in [1.82, 2.24) is 29.1 Å². The first-order chi connectivity index (χ1) is 9.11. The molecular weight excluding hydrogens is 264 g/mol. The van der Waals surface area contributed by atoms with Gasteiger partial charge in [-0.25, -0.2) is 4.98 Å². The molecule has 3 heterocycles. The van der Waals surface area contributed by atoms with Crippen molar-refractivity contribution in [2.45, 2.75) is 19.3 Å². The number of fused-ring (bicyclic) bond motifs is 1. The number of aryl methyl sites for hydroxylation is 3. The number of imidazole rings is 1. The summed E-state index contributed by atoms with van der Waals surface area (Å²) < 4.78 is 5.80. The maximum absolute atomic E-state index is 6.01. The van der Waals surface area contributed by atoms with Crippen LogP contribution in [0.15, 0.2) is 12.3 Å². The van der Waals surface area contributed by atoms with E-state index in [0.717, 1.165) is 28.4 Å². The fraction of sp³-hybridized carbons (Fsp3) is 0.417. The molecule has 0 spiro atoms. The lowest BCUT2D eigenvalue weighted by atomic mass is 10.4. The molecule has 3 aromatic heterocycles. The van der Waals surface area contributed by atoms with Crippen molar-refractivity contribution < 1.29 is 0 Å². The van der Waals surface area contributed by atoms with Gasteiger partial charge in [-0.2, -0.15) is 10.2 Å². The molecule has 0 saturated heterocycles. The zero-order valence-electron chi connectivity index (χ0n) is 11.1. The van der Waals surface area contributed by atoms with Crippen LogP contribution in [0.2, 0.25) is 0 Å². The maximum atomic E-state index is 6.01. The Balaban J connectivity index is 2.18. The van der Waals surface area contributed by atoms with Gasteiger partial charge in [0.2, 0.25) is 0 Å². The summed E-state index contributed by atoms with van der Waals surface area (Å²) in [7, 11) is 3.85. The average Bonchev–Trinajstić information content (AvgIpc) is 3.00. The summed E-state index contributed by atoms with van der Waals surface area (Å²) in [4.78, 5) is 4.58. The van der Waals surface area contributed by atoms with Crippen molar-refractivity contribution in [3.05, 3.63) is 29.5 Å². The van der Waals surface area contributed by atoms with E-state index in [2.05, 4.69) is 19.7 Å². The molecule has 0 fully saturated rings. The number of halogens is 1. The van der Waals surface area contributed by atoms with Gasteiger partial charge >= 0.3 is 0 Å². The summed E-state index contributed by atoms with van der Waals surface area (Å²) in [5.41, 5.74) is 3.94. The third-order valence-corrected chi connectivity index (χ3v) is 3.57. The quantitative estimate of drug-likeness (QED) is 0.684. The first kappa shape index (κ1) is 12.2. The SMILES string of the molecule is Cc1nn(C)c2c1nc(CCl)n2Cc1ccnn1C. The van der Waals surface area contributed by atoms with Crippen molar-refractivity contribution in [2.75, 3.05) is 0 Å². The fourth-order valence-electron chi connectivity index (χ4n) is 2.37. The first-order valence-corrected chi connectivity index (χ1v) is 6.57. The van der Waals surface area contributed by atoms with E-state index in [1.165, 1.54) is 0 Å². The smallest absolute Gasteiger partial charge is 0.159 e. The summed E-state index contributed by atoms with van der Waals surface area (Å²) in [5, 5.41) is 8.59. The highest BCUT2D eigenvalue weighted by atomic mass is 35.5. The van der Waals surface area contributed by atoms with Crippen LogP contribution in [0.5, 0.6) is 0 Å². The van der Waals surface area contributed by atoms with E-state index < -0.39 is 0 Å². The predicted octanol–water partition coefficient (Wildman–Crippen LogP) is 1.60. The highest BCUT2D eigenvalue weighted by Gasteiger charge is 2.17. The molecule has 0 unspecified atom stereocenters. The second-order valence-corrected chi connectivity index (χ2v) is 4.84. The maximum Gasteiger partial charge on any atom is 0.159 e. The van der Waals surface area contributed by atoms with Gasteiger partial charge in [0.1, 0.15) is 11.3 Å². The monoisotopic (exact) mass is 278 g/mol. The highest BCUT2D eigenvalue weighted by molar-refractivity contribution is 6.16.